The van der Waals surface area contributed by atoms with Crippen LogP contribution in [0.5, 0.6) is 0 Å². The summed E-state index contributed by atoms with van der Waals surface area (Å²) < 4.78 is 19.4. The first-order chi connectivity index (χ1) is 11.5. The average molecular weight is 351 g/mol. The summed E-state index contributed by atoms with van der Waals surface area (Å²) in [6.07, 6.45) is -0.538. The Morgan fingerprint density at radius 2 is 2.00 bits per heavy atom. The van der Waals surface area contributed by atoms with Gasteiger partial charge < -0.3 is 15.4 Å². The molecular formula is C18H26FN3O3. The van der Waals surface area contributed by atoms with Crippen molar-refractivity contribution in [2.45, 2.75) is 52.3 Å². The number of carbonyl (C=O) groups is 2. The van der Waals surface area contributed by atoms with Crippen LogP contribution in [0, 0.1) is 5.82 Å². The number of nitrogens with two attached hydrogens (primary N) is 1. The number of hydrogen-bond acceptors (Lipinski definition) is 4. The zero-order chi connectivity index (χ0) is 19.0. The number of carbonyl (C=O) groups excluding carboxylic acids is 2. The molecular weight excluding hydrogens is 325 g/mol. The summed E-state index contributed by atoms with van der Waals surface area (Å²) in [4.78, 5) is 28.0. The molecule has 0 radical (unpaired) electrons. The van der Waals surface area contributed by atoms with E-state index in [-0.39, 0.29) is 31.1 Å². The fraction of sp³-hybridized carbons (Fsp3) is 0.556. The first-order valence-corrected chi connectivity index (χ1v) is 8.25. The van der Waals surface area contributed by atoms with Gasteiger partial charge in [-0.25, -0.2) is 9.18 Å². The van der Waals surface area contributed by atoms with Crippen LogP contribution in [0.2, 0.25) is 0 Å². The summed E-state index contributed by atoms with van der Waals surface area (Å²) >= 11 is 0. The van der Waals surface area contributed by atoms with E-state index >= 15 is 0 Å². The van der Waals surface area contributed by atoms with Gasteiger partial charge in [-0.3, -0.25) is 9.69 Å². The molecule has 2 amide bonds. The Labute approximate surface area is 147 Å². The highest BCUT2D eigenvalue weighted by Gasteiger charge is 2.43. The Morgan fingerprint density at radius 1 is 1.36 bits per heavy atom. The fourth-order valence-electron chi connectivity index (χ4n) is 2.85. The van der Waals surface area contributed by atoms with Crippen molar-refractivity contribution in [3.63, 3.8) is 0 Å². The molecule has 0 bridgehead atoms. The number of halogens is 1. The number of nitrogens with zero attached hydrogens (tertiary/aromatic N) is 2. The lowest BCUT2D eigenvalue weighted by atomic mass is 9.97. The second kappa shape index (κ2) is 6.63. The number of piperazine rings is 1. The van der Waals surface area contributed by atoms with Crippen molar-refractivity contribution in [3.05, 3.63) is 29.6 Å². The molecule has 2 N–H and O–H groups in total. The van der Waals surface area contributed by atoms with Gasteiger partial charge in [0, 0.05) is 18.7 Å². The van der Waals surface area contributed by atoms with Gasteiger partial charge in [0.25, 0.3) is 0 Å². The lowest BCUT2D eigenvalue weighted by molar-refractivity contribution is -0.124. The molecule has 1 fully saturated rings. The summed E-state index contributed by atoms with van der Waals surface area (Å²) in [5, 5.41) is 0. The molecule has 1 heterocycles. The first-order valence-electron chi connectivity index (χ1n) is 8.25. The number of rotatable bonds is 2. The Kier molecular flexibility index (Phi) is 5.09. The third kappa shape index (κ3) is 4.10. The molecule has 0 atom stereocenters. The van der Waals surface area contributed by atoms with Crippen LogP contribution in [-0.2, 0) is 16.1 Å². The molecule has 1 saturated heterocycles. The molecule has 1 aromatic rings. The highest BCUT2D eigenvalue weighted by molar-refractivity contribution is 5.98. The lowest BCUT2D eigenvalue weighted by Gasteiger charge is -2.46. The Balaban J connectivity index is 2.31. The molecule has 0 aliphatic carbocycles. The molecule has 0 aromatic heterocycles. The molecule has 1 aliphatic rings. The maximum absolute atomic E-state index is 14.0. The summed E-state index contributed by atoms with van der Waals surface area (Å²) in [6, 6.07) is 4.53. The molecule has 6 nitrogen and oxygen atoms in total. The number of benzene rings is 1. The third-order valence-electron chi connectivity index (χ3n) is 4.07. The quantitative estimate of drug-likeness (QED) is 0.889. The minimum Gasteiger partial charge on any atom is -0.444 e. The van der Waals surface area contributed by atoms with E-state index in [4.69, 9.17) is 10.5 Å². The largest absolute Gasteiger partial charge is 0.444 e. The molecule has 0 unspecified atom stereocenters. The van der Waals surface area contributed by atoms with E-state index < -0.39 is 23.1 Å². The van der Waals surface area contributed by atoms with Gasteiger partial charge in [0.15, 0.2) is 0 Å². The predicted octanol–water partition coefficient (Wildman–Crippen LogP) is 2.65. The van der Waals surface area contributed by atoms with Crippen molar-refractivity contribution in [3.8, 4) is 0 Å². The standard InChI is InChI=1S/C18H26FN3O3/c1-17(2,3)25-16(24)22-10-15(23)21(11-18(22,4)5)14-8-6-7-13(19)12(14)9-20/h6-8H,9-11,20H2,1-5H3. The van der Waals surface area contributed by atoms with Gasteiger partial charge in [-0.05, 0) is 46.8 Å². The number of hydrogen-bond donors (Lipinski definition) is 1. The maximum Gasteiger partial charge on any atom is 0.411 e. The van der Waals surface area contributed by atoms with Gasteiger partial charge in [0.2, 0.25) is 5.91 Å². The zero-order valence-electron chi connectivity index (χ0n) is 15.4. The van der Waals surface area contributed by atoms with Crippen LogP contribution in [0.4, 0.5) is 14.9 Å². The lowest BCUT2D eigenvalue weighted by Crippen LogP contribution is -2.64. The van der Waals surface area contributed by atoms with Crippen molar-refractivity contribution in [1.29, 1.82) is 0 Å². The molecule has 0 spiro atoms. The van der Waals surface area contributed by atoms with Gasteiger partial charge >= 0.3 is 6.09 Å². The van der Waals surface area contributed by atoms with Gasteiger partial charge in [-0.1, -0.05) is 6.07 Å². The van der Waals surface area contributed by atoms with Crippen LogP contribution in [0.1, 0.15) is 40.2 Å². The Hall–Kier alpha value is -2.15. The van der Waals surface area contributed by atoms with Gasteiger partial charge in [0.1, 0.15) is 18.0 Å². The van der Waals surface area contributed by atoms with Crippen LogP contribution in [0.3, 0.4) is 0 Å². The summed E-state index contributed by atoms with van der Waals surface area (Å²) in [6.45, 7) is 9.09. The summed E-state index contributed by atoms with van der Waals surface area (Å²) in [5.74, 6) is -0.745. The van der Waals surface area contributed by atoms with E-state index in [0.717, 1.165) is 0 Å². The molecule has 25 heavy (non-hydrogen) atoms. The Bertz CT molecular complexity index is 683. The van der Waals surface area contributed by atoms with E-state index in [9.17, 15) is 14.0 Å². The SMILES string of the molecule is CC(C)(C)OC(=O)N1CC(=O)N(c2cccc(F)c2CN)CC1(C)C. The van der Waals surface area contributed by atoms with Crippen molar-refractivity contribution in [1.82, 2.24) is 4.90 Å². The van der Waals surface area contributed by atoms with Crippen LogP contribution in [0.15, 0.2) is 18.2 Å². The molecule has 7 heteroatoms. The minimum absolute atomic E-state index is 0.0119. The Morgan fingerprint density at radius 3 is 2.56 bits per heavy atom. The van der Waals surface area contributed by atoms with E-state index in [0.29, 0.717) is 5.69 Å². The smallest absolute Gasteiger partial charge is 0.411 e. The van der Waals surface area contributed by atoms with Gasteiger partial charge in [0.05, 0.1) is 11.2 Å². The second-order valence-corrected chi connectivity index (χ2v) is 7.80. The third-order valence-corrected chi connectivity index (χ3v) is 4.07. The van der Waals surface area contributed by atoms with E-state index in [1.165, 1.54) is 15.9 Å². The molecule has 1 aromatic carbocycles. The molecule has 1 aliphatic heterocycles. The van der Waals surface area contributed by atoms with Crippen molar-refractivity contribution in [2.75, 3.05) is 18.0 Å². The number of anilines is 1. The van der Waals surface area contributed by atoms with E-state index in [2.05, 4.69) is 0 Å². The van der Waals surface area contributed by atoms with Crippen molar-refractivity contribution < 1.29 is 18.7 Å². The highest BCUT2D eigenvalue weighted by Crippen LogP contribution is 2.30. The normalized spacial score (nSPS) is 17.6. The van der Waals surface area contributed by atoms with Crippen LogP contribution < -0.4 is 10.6 Å². The molecule has 2 rings (SSSR count). The fourth-order valence-corrected chi connectivity index (χ4v) is 2.85. The van der Waals surface area contributed by atoms with Gasteiger partial charge in [-0.2, -0.15) is 0 Å². The number of amides is 2. The molecule has 0 saturated carbocycles. The molecule has 138 valence electrons. The average Bonchev–Trinajstić information content (AvgIpc) is 2.47. The van der Waals surface area contributed by atoms with Gasteiger partial charge in [-0.15, -0.1) is 0 Å². The van der Waals surface area contributed by atoms with Crippen LogP contribution >= 0.6 is 0 Å². The number of ether oxygens (including phenoxy) is 1. The first kappa shape index (κ1) is 19.2. The van der Waals surface area contributed by atoms with Crippen molar-refractivity contribution in [2.24, 2.45) is 5.73 Å². The van der Waals surface area contributed by atoms with E-state index in [1.54, 1.807) is 32.9 Å². The topological polar surface area (TPSA) is 75.9 Å². The zero-order valence-corrected chi connectivity index (χ0v) is 15.4. The van der Waals surface area contributed by atoms with Crippen LogP contribution in [0.25, 0.3) is 0 Å². The van der Waals surface area contributed by atoms with Crippen LogP contribution in [-0.4, -0.2) is 41.1 Å². The maximum atomic E-state index is 14.0. The van der Waals surface area contributed by atoms with Crippen molar-refractivity contribution >= 4 is 17.7 Å². The monoisotopic (exact) mass is 351 g/mol. The minimum atomic E-state index is -0.672. The summed E-state index contributed by atoms with van der Waals surface area (Å²) in [7, 11) is 0. The highest BCUT2D eigenvalue weighted by atomic mass is 19.1. The summed E-state index contributed by atoms with van der Waals surface area (Å²) in [5.41, 5.74) is 5.07. The second-order valence-electron chi connectivity index (χ2n) is 7.80. The predicted molar refractivity (Wildman–Crippen MR) is 93.7 cm³/mol. The van der Waals surface area contributed by atoms with E-state index in [1.807, 2.05) is 13.8 Å².